The molecule has 0 N–H and O–H groups in total. The Bertz CT molecular complexity index is 255. The molecule has 0 atom stereocenters. The summed E-state index contributed by atoms with van der Waals surface area (Å²) in [6.07, 6.45) is 3.29. The normalized spacial score (nSPS) is 10.0. The van der Waals surface area contributed by atoms with Crippen LogP contribution in [0, 0.1) is 0 Å². The second-order valence-corrected chi connectivity index (χ2v) is 2.19. The molecule has 0 radical (unpaired) electrons. The molecule has 1 rings (SSSR count). The van der Waals surface area contributed by atoms with Crippen molar-refractivity contribution in [1.29, 1.82) is 0 Å². The Labute approximate surface area is 64.8 Å². The number of methoxy groups -OCH3 is 1. The van der Waals surface area contributed by atoms with Gasteiger partial charge in [-0.25, -0.2) is 4.98 Å². The van der Waals surface area contributed by atoms with Crippen LogP contribution in [0.2, 0.25) is 0 Å². The molecule has 4 heteroatoms. The lowest BCUT2D eigenvalue weighted by Gasteiger charge is -2.01. The van der Waals surface area contributed by atoms with Gasteiger partial charge in [0, 0.05) is 26.4 Å². The fraction of sp³-hybridized carbons (Fsp3) is 0.429. The summed E-state index contributed by atoms with van der Waals surface area (Å²) >= 11 is 0. The van der Waals surface area contributed by atoms with Gasteiger partial charge >= 0.3 is 0 Å². The number of ketones is 1. The molecule has 0 aliphatic rings. The van der Waals surface area contributed by atoms with Crippen molar-refractivity contribution >= 4 is 5.78 Å². The first kappa shape index (κ1) is 7.94. The number of carbonyl (C=O) groups is 1. The molecule has 0 amide bonds. The fourth-order valence-electron chi connectivity index (χ4n) is 0.866. The molecule has 0 saturated heterocycles. The molecule has 1 aromatic heterocycles. The first-order valence-corrected chi connectivity index (χ1v) is 3.26. The van der Waals surface area contributed by atoms with E-state index in [4.69, 9.17) is 4.74 Å². The lowest BCUT2D eigenvalue weighted by atomic mass is 10.4. The average molecular weight is 154 g/mol. The number of hydrogen-bond acceptors (Lipinski definition) is 3. The van der Waals surface area contributed by atoms with E-state index in [-0.39, 0.29) is 5.78 Å². The van der Waals surface area contributed by atoms with Crippen molar-refractivity contribution < 1.29 is 9.53 Å². The van der Waals surface area contributed by atoms with Crippen LogP contribution in [-0.4, -0.2) is 22.4 Å². The van der Waals surface area contributed by atoms with Gasteiger partial charge in [-0.1, -0.05) is 0 Å². The fourth-order valence-corrected chi connectivity index (χ4v) is 0.866. The van der Waals surface area contributed by atoms with E-state index >= 15 is 0 Å². The lowest BCUT2D eigenvalue weighted by molar-refractivity contribution is 0.0962. The lowest BCUT2D eigenvalue weighted by Crippen LogP contribution is -2.08. The summed E-state index contributed by atoms with van der Waals surface area (Å²) in [4.78, 5) is 14.7. The van der Waals surface area contributed by atoms with Gasteiger partial charge in [-0.3, -0.25) is 4.79 Å². The Kier molecular flexibility index (Phi) is 2.38. The highest BCUT2D eigenvalue weighted by Gasteiger charge is 2.05. The molecule has 0 aliphatic carbocycles. The largest absolute Gasteiger partial charge is 0.364 e. The van der Waals surface area contributed by atoms with E-state index in [0.717, 1.165) is 0 Å². The number of rotatable bonds is 3. The van der Waals surface area contributed by atoms with Gasteiger partial charge in [0.15, 0.2) is 11.6 Å². The molecule has 0 unspecified atom stereocenters. The molecule has 1 heterocycles. The van der Waals surface area contributed by atoms with E-state index in [1.165, 1.54) is 6.92 Å². The Morgan fingerprint density at radius 2 is 2.55 bits per heavy atom. The van der Waals surface area contributed by atoms with E-state index in [1.54, 1.807) is 24.1 Å². The van der Waals surface area contributed by atoms with Crippen molar-refractivity contribution in [2.75, 3.05) is 7.11 Å². The summed E-state index contributed by atoms with van der Waals surface area (Å²) in [5, 5.41) is 0. The second-order valence-electron chi connectivity index (χ2n) is 2.19. The minimum atomic E-state index is -0.0490. The Balaban J connectivity index is 2.87. The molecular weight excluding hydrogens is 144 g/mol. The third-order valence-corrected chi connectivity index (χ3v) is 1.30. The van der Waals surface area contributed by atoms with Gasteiger partial charge in [0.2, 0.25) is 0 Å². The van der Waals surface area contributed by atoms with Crippen LogP contribution < -0.4 is 0 Å². The first-order chi connectivity index (χ1) is 5.25. The van der Waals surface area contributed by atoms with Gasteiger partial charge in [-0.15, -0.1) is 0 Å². The van der Waals surface area contributed by atoms with Crippen LogP contribution in [0.25, 0.3) is 0 Å². The predicted molar refractivity (Wildman–Crippen MR) is 39.2 cm³/mol. The number of ether oxygens (including phenoxy) is 1. The first-order valence-electron chi connectivity index (χ1n) is 3.26. The maximum absolute atomic E-state index is 10.9. The number of carbonyl (C=O) groups excluding carboxylic acids is 1. The molecule has 1 aromatic rings. The third-order valence-electron chi connectivity index (χ3n) is 1.30. The summed E-state index contributed by atoms with van der Waals surface area (Å²) < 4.78 is 6.50. The smallest absolute Gasteiger partial charge is 0.195 e. The summed E-state index contributed by atoms with van der Waals surface area (Å²) in [6, 6.07) is 0. The quantitative estimate of drug-likeness (QED) is 0.601. The second kappa shape index (κ2) is 3.30. The van der Waals surface area contributed by atoms with Crippen LogP contribution in [0.1, 0.15) is 17.5 Å². The number of imidazole rings is 1. The highest BCUT2D eigenvalue weighted by Crippen LogP contribution is 1.97. The zero-order valence-corrected chi connectivity index (χ0v) is 6.57. The number of Topliss-reactive ketones (excluding diaryl/α,β-unsaturated/α-hetero) is 1. The van der Waals surface area contributed by atoms with E-state index in [1.807, 2.05) is 0 Å². The summed E-state index contributed by atoms with van der Waals surface area (Å²) in [5.41, 5.74) is 0. The summed E-state index contributed by atoms with van der Waals surface area (Å²) in [7, 11) is 1.57. The van der Waals surface area contributed by atoms with Crippen molar-refractivity contribution in [1.82, 2.24) is 9.55 Å². The Morgan fingerprint density at radius 1 is 1.82 bits per heavy atom. The van der Waals surface area contributed by atoms with Crippen LogP contribution in [-0.2, 0) is 11.5 Å². The number of nitrogens with zero attached hydrogens (tertiary/aromatic N) is 2. The van der Waals surface area contributed by atoms with Crippen molar-refractivity contribution in [3.8, 4) is 0 Å². The molecular formula is C7H10N2O2. The van der Waals surface area contributed by atoms with Crippen molar-refractivity contribution in [3.63, 3.8) is 0 Å². The van der Waals surface area contributed by atoms with Gasteiger partial charge in [0.25, 0.3) is 0 Å². The molecule has 4 nitrogen and oxygen atoms in total. The molecule has 0 aromatic carbocycles. The average Bonchev–Trinajstić information content (AvgIpc) is 2.36. The van der Waals surface area contributed by atoms with Crippen molar-refractivity contribution in [2.45, 2.75) is 13.7 Å². The topological polar surface area (TPSA) is 44.1 Å². The van der Waals surface area contributed by atoms with Crippen LogP contribution in [0.15, 0.2) is 12.4 Å². The molecule has 0 saturated carbocycles. The highest BCUT2D eigenvalue weighted by molar-refractivity contribution is 5.90. The number of hydrogen-bond donors (Lipinski definition) is 0. The molecule has 0 spiro atoms. The molecule has 60 valence electrons. The summed E-state index contributed by atoms with van der Waals surface area (Å²) in [6.45, 7) is 1.85. The van der Waals surface area contributed by atoms with Crippen LogP contribution in [0.4, 0.5) is 0 Å². The van der Waals surface area contributed by atoms with Crippen LogP contribution >= 0.6 is 0 Å². The zero-order valence-electron chi connectivity index (χ0n) is 6.57. The Morgan fingerprint density at radius 3 is 3.09 bits per heavy atom. The van der Waals surface area contributed by atoms with E-state index in [0.29, 0.717) is 12.6 Å². The van der Waals surface area contributed by atoms with E-state index < -0.39 is 0 Å². The van der Waals surface area contributed by atoms with Gasteiger partial charge < -0.3 is 9.30 Å². The van der Waals surface area contributed by atoms with Gasteiger partial charge in [0.1, 0.15) is 6.73 Å². The summed E-state index contributed by atoms with van der Waals surface area (Å²) in [5.74, 6) is 0.388. The minimum absolute atomic E-state index is 0.0490. The molecule has 0 fully saturated rings. The highest BCUT2D eigenvalue weighted by atomic mass is 16.5. The van der Waals surface area contributed by atoms with Gasteiger partial charge in [0.05, 0.1) is 0 Å². The molecule has 0 bridgehead atoms. The van der Waals surface area contributed by atoms with Crippen molar-refractivity contribution in [3.05, 3.63) is 18.2 Å². The zero-order chi connectivity index (χ0) is 8.27. The van der Waals surface area contributed by atoms with Crippen LogP contribution in [0.3, 0.4) is 0 Å². The maximum atomic E-state index is 10.9. The van der Waals surface area contributed by atoms with E-state index in [9.17, 15) is 4.79 Å². The van der Waals surface area contributed by atoms with Gasteiger partial charge in [-0.2, -0.15) is 0 Å². The standard InChI is InChI=1S/C7H10N2O2/c1-6(10)7-8-3-4-9(7)5-11-2/h3-4H,5H2,1-2H3. The Hall–Kier alpha value is -1.16. The molecule has 0 aliphatic heterocycles. The van der Waals surface area contributed by atoms with Gasteiger partial charge in [-0.05, 0) is 0 Å². The van der Waals surface area contributed by atoms with Crippen LogP contribution in [0.5, 0.6) is 0 Å². The monoisotopic (exact) mass is 154 g/mol. The molecule has 11 heavy (non-hydrogen) atoms. The SMILES string of the molecule is COCn1ccnc1C(C)=O. The number of aromatic nitrogens is 2. The third kappa shape index (κ3) is 1.65. The predicted octanol–water partition coefficient (Wildman–Crippen LogP) is 0.690. The maximum Gasteiger partial charge on any atom is 0.195 e. The van der Waals surface area contributed by atoms with Crippen molar-refractivity contribution in [2.24, 2.45) is 0 Å². The van der Waals surface area contributed by atoms with E-state index in [2.05, 4.69) is 4.98 Å². The minimum Gasteiger partial charge on any atom is -0.364 e.